The maximum Gasteiger partial charge on any atom is 0.191 e. The van der Waals surface area contributed by atoms with Gasteiger partial charge in [0.15, 0.2) is 5.96 Å². The van der Waals surface area contributed by atoms with Gasteiger partial charge in [-0.15, -0.1) is 35.3 Å². The van der Waals surface area contributed by atoms with Crippen LogP contribution < -0.4 is 10.6 Å². The van der Waals surface area contributed by atoms with Crippen LogP contribution in [0.2, 0.25) is 0 Å². The van der Waals surface area contributed by atoms with Crippen molar-refractivity contribution < 1.29 is 4.74 Å². The first kappa shape index (κ1) is 22.6. The molecule has 0 spiro atoms. The molecule has 0 saturated heterocycles. The highest BCUT2D eigenvalue weighted by molar-refractivity contribution is 14.0. The molecular formula is C18H33IN4OS. The van der Waals surface area contributed by atoms with Crippen LogP contribution in [-0.2, 0) is 11.2 Å². The van der Waals surface area contributed by atoms with E-state index in [-0.39, 0.29) is 24.0 Å². The Kier molecular flexibility index (Phi) is 11.6. The molecule has 1 aliphatic rings. The molecule has 0 amide bonds. The van der Waals surface area contributed by atoms with E-state index in [0.29, 0.717) is 6.10 Å². The van der Waals surface area contributed by atoms with E-state index in [2.05, 4.69) is 34.5 Å². The van der Waals surface area contributed by atoms with E-state index < -0.39 is 0 Å². The van der Waals surface area contributed by atoms with Gasteiger partial charge in [0.25, 0.3) is 0 Å². The molecule has 1 heterocycles. The van der Waals surface area contributed by atoms with Crippen LogP contribution in [0.3, 0.4) is 0 Å². The molecule has 1 saturated carbocycles. The van der Waals surface area contributed by atoms with Gasteiger partial charge in [-0.05, 0) is 26.7 Å². The summed E-state index contributed by atoms with van der Waals surface area (Å²) in [4.78, 5) is 10.1. The Morgan fingerprint density at radius 2 is 1.84 bits per heavy atom. The van der Waals surface area contributed by atoms with Gasteiger partial charge in [-0.1, -0.05) is 25.7 Å². The van der Waals surface area contributed by atoms with Crippen molar-refractivity contribution in [3.63, 3.8) is 0 Å². The minimum absolute atomic E-state index is 0. The van der Waals surface area contributed by atoms with E-state index in [1.54, 1.807) is 11.3 Å². The molecule has 2 N–H and O–H groups in total. The molecule has 25 heavy (non-hydrogen) atoms. The summed E-state index contributed by atoms with van der Waals surface area (Å²) in [5.41, 5.74) is 1.15. The van der Waals surface area contributed by atoms with Crippen LogP contribution in [0.25, 0.3) is 0 Å². The maximum atomic E-state index is 6.00. The zero-order valence-electron chi connectivity index (χ0n) is 15.8. The minimum Gasteiger partial charge on any atom is -0.376 e. The van der Waals surface area contributed by atoms with Crippen LogP contribution in [-0.4, -0.2) is 43.8 Å². The van der Waals surface area contributed by atoms with Crippen LogP contribution >= 0.6 is 35.3 Å². The van der Waals surface area contributed by atoms with E-state index in [0.717, 1.165) is 42.8 Å². The maximum absolute atomic E-state index is 6.00. The Morgan fingerprint density at radius 3 is 2.44 bits per heavy atom. The average Bonchev–Trinajstić information content (AvgIpc) is 2.77. The number of rotatable bonds is 7. The smallest absolute Gasteiger partial charge is 0.191 e. The van der Waals surface area contributed by atoms with Crippen LogP contribution in [0.5, 0.6) is 0 Å². The molecule has 1 aliphatic carbocycles. The van der Waals surface area contributed by atoms with Crippen LogP contribution in [0.4, 0.5) is 0 Å². The molecule has 1 fully saturated rings. The van der Waals surface area contributed by atoms with Crippen LogP contribution in [0.15, 0.2) is 4.99 Å². The van der Waals surface area contributed by atoms with Gasteiger partial charge in [-0.25, -0.2) is 4.98 Å². The lowest BCUT2D eigenvalue weighted by Gasteiger charge is -2.16. The molecule has 2 rings (SSSR count). The van der Waals surface area contributed by atoms with Crippen LogP contribution in [0.1, 0.15) is 54.1 Å². The fraction of sp³-hybridized carbons (Fsp3) is 0.778. The number of ether oxygens (including phenoxy) is 1. The molecule has 7 heteroatoms. The Balaban J connectivity index is 0.00000312. The molecule has 0 atom stereocenters. The highest BCUT2D eigenvalue weighted by Crippen LogP contribution is 2.19. The van der Waals surface area contributed by atoms with Gasteiger partial charge >= 0.3 is 0 Å². The molecule has 0 bridgehead atoms. The Hall–Kier alpha value is -0.410. The predicted octanol–water partition coefficient (Wildman–Crippen LogP) is 3.82. The van der Waals surface area contributed by atoms with Crippen LogP contribution in [0, 0.1) is 13.8 Å². The van der Waals surface area contributed by atoms with Gasteiger partial charge in [0.1, 0.15) is 0 Å². The fourth-order valence-corrected chi connectivity index (χ4v) is 4.06. The number of nitrogens with one attached hydrogen (secondary N) is 2. The fourth-order valence-electron chi connectivity index (χ4n) is 3.12. The molecule has 5 nitrogen and oxygen atoms in total. The number of hydrogen-bond donors (Lipinski definition) is 2. The number of thiazole rings is 1. The van der Waals surface area contributed by atoms with Gasteiger partial charge in [-0.3, -0.25) is 4.99 Å². The van der Waals surface area contributed by atoms with Crippen molar-refractivity contribution in [1.82, 2.24) is 15.6 Å². The second-order valence-corrected chi connectivity index (χ2v) is 7.69. The second kappa shape index (κ2) is 12.9. The van der Waals surface area contributed by atoms with Crippen molar-refractivity contribution >= 4 is 41.3 Å². The number of guanidine groups is 1. The first-order valence-corrected chi connectivity index (χ1v) is 9.99. The summed E-state index contributed by atoms with van der Waals surface area (Å²) < 4.78 is 6.00. The lowest BCUT2D eigenvalue weighted by molar-refractivity contribution is 0.0468. The lowest BCUT2D eigenvalue weighted by atomic mass is 10.1. The first-order chi connectivity index (χ1) is 11.7. The number of aliphatic imine (C=N–C) groups is 1. The summed E-state index contributed by atoms with van der Waals surface area (Å²) in [6.45, 7) is 6.55. The quantitative estimate of drug-likeness (QED) is 0.205. The monoisotopic (exact) mass is 480 g/mol. The van der Waals surface area contributed by atoms with Crippen molar-refractivity contribution in [2.45, 2.75) is 64.9 Å². The van der Waals surface area contributed by atoms with E-state index in [1.807, 2.05) is 7.05 Å². The van der Waals surface area contributed by atoms with Gasteiger partial charge in [0, 0.05) is 31.4 Å². The number of halogens is 1. The number of aromatic nitrogens is 1. The van der Waals surface area contributed by atoms with Crippen molar-refractivity contribution in [1.29, 1.82) is 0 Å². The summed E-state index contributed by atoms with van der Waals surface area (Å²) in [5.74, 6) is 0.846. The molecule has 1 aromatic heterocycles. The van der Waals surface area contributed by atoms with Crippen molar-refractivity contribution in [3.8, 4) is 0 Å². The molecule has 144 valence electrons. The van der Waals surface area contributed by atoms with E-state index in [4.69, 9.17) is 4.74 Å². The van der Waals surface area contributed by atoms with E-state index in [1.165, 1.54) is 43.4 Å². The summed E-state index contributed by atoms with van der Waals surface area (Å²) >= 11 is 1.78. The topological polar surface area (TPSA) is 58.5 Å². The van der Waals surface area contributed by atoms with Crippen molar-refractivity contribution in [3.05, 3.63) is 15.6 Å². The highest BCUT2D eigenvalue weighted by atomic mass is 127. The minimum atomic E-state index is 0. The third kappa shape index (κ3) is 8.68. The molecule has 0 aliphatic heterocycles. The summed E-state index contributed by atoms with van der Waals surface area (Å²) in [6, 6.07) is 0. The summed E-state index contributed by atoms with van der Waals surface area (Å²) in [6.07, 6.45) is 9.26. The molecule has 0 unspecified atom stereocenters. The van der Waals surface area contributed by atoms with Gasteiger partial charge < -0.3 is 15.4 Å². The summed E-state index contributed by atoms with van der Waals surface area (Å²) in [7, 11) is 1.81. The van der Waals surface area contributed by atoms with Crippen molar-refractivity contribution in [2.24, 2.45) is 4.99 Å². The predicted molar refractivity (Wildman–Crippen MR) is 118 cm³/mol. The SMILES string of the molecule is CN=C(NCCOC1CCCCCC1)NCCc1sc(C)nc1C.I. The van der Waals surface area contributed by atoms with E-state index >= 15 is 0 Å². The number of hydrogen-bond acceptors (Lipinski definition) is 4. The van der Waals surface area contributed by atoms with Gasteiger partial charge in [0.2, 0.25) is 0 Å². The first-order valence-electron chi connectivity index (χ1n) is 9.18. The standard InChI is InChI=1S/C18H32N4OS.HI/c1-14-17(24-15(2)22-14)10-11-20-18(19-3)21-12-13-23-16-8-6-4-5-7-9-16;/h16H,4-13H2,1-3H3,(H2,19,20,21);1H. The normalized spacial score (nSPS) is 16.2. The Bertz CT molecular complexity index is 513. The Morgan fingerprint density at radius 1 is 1.16 bits per heavy atom. The third-order valence-electron chi connectivity index (χ3n) is 4.42. The second-order valence-electron chi connectivity index (χ2n) is 6.40. The molecule has 1 aromatic rings. The number of nitrogens with zero attached hydrogens (tertiary/aromatic N) is 2. The lowest BCUT2D eigenvalue weighted by Crippen LogP contribution is -2.40. The summed E-state index contributed by atoms with van der Waals surface area (Å²) in [5, 5.41) is 7.84. The third-order valence-corrected chi connectivity index (χ3v) is 5.55. The zero-order valence-corrected chi connectivity index (χ0v) is 18.9. The average molecular weight is 480 g/mol. The van der Waals surface area contributed by atoms with E-state index in [9.17, 15) is 0 Å². The largest absolute Gasteiger partial charge is 0.376 e. The molecular weight excluding hydrogens is 447 g/mol. The van der Waals surface area contributed by atoms with Gasteiger partial charge in [0.05, 0.1) is 23.4 Å². The molecule has 0 radical (unpaired) electrons. The highest BCUT2D eigenvalue weighted by Gasteiger charge is 2.12. The number of aryl methyl sites for hydroxylation is 2. The van der Waals surface area contributed by atoms with Crippen molar-refractivity contribution in [2.75, 3.05) is 26.7 Å². The molecule has 0 aromatic carbocycles. The Labute approximate surface area is 173 Å². The zero-order chi connectivity index (χ0) is 17.2. The van der Waals surface area contributed by atoms with Gasteiger partial charge in [-0.2, -0.15) is 0 Å².